The predicted molar refractivity (Wildman–Crippen MR) is 47.7 cm³/mol. The highest BCUT2D eigenvalue weighted by Crippen LogP contribution is 2.25. The van der Waals surface area contributed by atoms with Crippen LogP contribution in [0.5, 0.6) is 5.75 Å². The van der Waals surface area contributed by atoms with E-state index in [0.717, 1.165) is 0 Å². The standard InChI is InChI=1S/C8H10N2O3/c1-9-6-13-8-5-3-2-4-7(8)10(11)12/h2-5,9H,6H2,1H3. The first-order valence-electron chi connectivity index (χ1n) is 3.76. The molecule has 0 aliphatic heterocycles. The van der Waals surface area contributed by atoms with Crippen LogP contribution in [-0.4, -0.2) is 18.7 Å². The first kappa shape index (κ1) is 9.47. The molecule has 1 aromatic rings. The van der Waals surface area contributed by atoms with E-state index in [1.54, 1.807) is 25.2 Å². The molecule has 5 heteroatoms. The van der Waals surface area contributed by atoms with Crippen molar-refractivity contribution >= 4 is 5.69 Å². The summed E-state index contributed by atoms with van der Waals surface area (Å²) >= 11 is 0. The third kappa shape index (κ3) is 2.41. The normalized spacial score (nSPS) is 9.62. The second-order valence-corrected chi connectivity index (χ2v) is 2.37. The molecule has 0 atom stereocenters. The largest absolute Gasteiger partial charge is 0.471 e. The minimum absolute atomic E-state index is 0.0160. The molecule has 5 nitrogen and oxygen atoms in total. The summed E-state index contributed by atoms with van der Waals surface area (Å²) in [7, 11) is 1.70. The Labute approximate surface area is 75.5 Å². The van der Waals surface area contributed by atoms with Crippen LogP contribution in [0.4, 0.5) is 5.69 Å². The van der Waals surface area contributed by atoms with Crippen molar-refractivity contribution in [2.45, 2.75) is 0 Å². The maximum atomic E-state index is 10.5. The molecule has 0 amide bonds. The highest BCUT2D eigenvalue weighted by atomic mass is 16.6. The van der Waals surface area contributed by atoms with Crippen LogP contribution in [0.2, 0.25) is 0 Å². The van der Waals surface area contributed by atoms with Gasteiger partial charge in [0.15, 0.2) is 5.75 Å². The van der Waals surface area contributed by atoms with Gasteiger partial charge >= 0.3 is 5.69 Å². The van der Waals surface area contributed by atoms with Crippen molar-refractivity contribution in [1.82, 2.24) is 5.32 Å². The number of nitrogens with zero attached hydrogens (tertiary/aromatic N) is 1. The number of hydrogen-bond donors (Lipinski definition) is 1. The smallest absolute Gasteiger partial charge is 0.310 e. The van der Waals surface area contributed by atoms with Crippen molar-refractivity contribution in [2.75, 3.05) is 13.8 Å². The van der Waals surface area contributed by atoms with E-state index in [9.17, 15) is 10.1 Å². The molecule has 70 valence electrons. The van der Waals surface area contributed by atoms with Gasteiger partial charge in [0.1, 0.15) is 6.73 Å². The number of rotatable bonds is 4. The van der Waals surface area contributed by atoms with Crippen molar-refractivity contribution in [3.63, 3.8) is 0 Å². The van der Waals surface area contributed by atoms with Crippen LogP contribution in [0.3, 0.4) is 0 Å². The summed E-state index contributed by atoms with van der Waals surface area (Å²) in [4.78, 5) is 10.0. The molecular formula is C8H10N2O3. The highest BCUT2D eigenvalue weighted by Gasteiger charge is 2.12. The van der Waals surface area contributed by atoms with Gasteiger partial charge in [-0.05, 0) is 13.1 Å². The summed E-state index contributed by atoms with van der Waals surface area (Å²) in [5.41, 5.74) is -0.0160. The molecule has 0 heterocycles. The summed E-state index contributed by atoms with van der Waals surface area (Å²) in [6.45, 7) is 0.255. The zero-order valence-electron chi connectivity index (χ0n) is 7.19. The van der Waals surface area contributed by atoms with Gasteiger partial charge in [-0.15, -0.1) is 0 Å². The molecule has 0 unspecified atom stereocenters. The molecule has 0 aliphatic carbocycles. The van der Waals surface area contributed by atoms with E-state index in [-0.39, 0.29) is 18.2 Å². The maximum absolute atomic E-state index is 10.5. The topological polar surface area (TPSA) is 64.4 Å². The zero-order chi connectivity index (χ0) is 9.68. The van der Waals surface area contributed by atoms with Crippen molar-refractivity contribution in [3.8, 4) is 5.75 Å². The Kier molecular flexibility index (Phi) is 3.22. The van der Waals surface area contributed by atoms with E-state index < -0.39 is 4.92 Å². The lowest BCUT2D eigenvalue weighted by Crippen LogP contribution is -2.14. The summed E-state index contributed by atoms with van der Waals surface area (Å²) < 4.78 is 5.09. The zero-order valence-corrected chi connectivity index (χ0v) is 7.19. The Morgan fingerprint density at radius 2 is 2.23 bits per heavy atom. The highest BCUT2D eigenvalue weighted by molar-refractivity contribution is 5.45. The third-order valence-electron chi connectivity index (χ3n) is 1.43. The summed E-state index contributed by atoms with van der Waals surface area (Å²) in [5, 5.41) is 13.2. The molecule has 1 aromatic carbocycles. The Morgan fingerprint density at radius 1 is 1.54 bits per heavy atom. The fourth-order valence-electron chi connectivity index (χ4n) is 0.880. The van der Waals surface area contributed by atoms with Crippen LogP contribution in [0, 0.1) is 10.1 Å². The molecule has 0 saturated carbocycles. The molecule has 1 N–H and O–H groups in total. The van der Waals surface area contributed by atoms with Crippen molar-refractivity contribution in [2.24, 2.45) is 0 Å². The molecular weight excluding hydrogens is 172 g/mol. The van der Waals surface area contributed by atoms with Crippen LogP contribution in [0.15, 0.2) is 24.3 Å². The van der Waals surface area contributed by atoms with Gasteiger partial charge in [0.2, 0.25) is 0 Å². The fourth-order valence-corrected chi connectivity index (χ4v) is 0.880. The van der Waals surface area contributed by atoms with Crippen LogP contribution in [0.25, 0.3) is 0 Å². The van der Waals surface area contributed by atoms with Gasteiger partial charge in [0, 0.05) is 6.07 Å². The summed E-state index contributed by atoms with van der Waals surface area (Å²) in [6.07, 6.45) is 0. The van der Waals surface area contributed by atoms with E-state index in [4.69, 9.17) is 4.74 Å². The lowest BCUT2D eigenvalue weighted by molar-refractivity contribution is -0.385. The van der Waals surface area contributed by atoms with Gasteiger partial charge in [-0.25, -0.2) is 0 Å². The summed E-state index contributed by atoms with van der Waals surface area (Å²) in [6, 6.07) is 6.27. The first-order chi connectivity index (χ1) is 6.25. The SMILES string of the molecule is CNCOc1ccccc1[N+](=O)[O-]. The maximum Gasteiger partial charge on any atom is 0.310 e. The average Bonchev–Trinajstić information content (AvgIpc) is 2.15. The lowest BCUT2D eigenvalue weighted by Gasteiger charge is -2.04. The Bertz CT molecular complexity index is 301. The average molecular weight is 182 g/mol. The molecule has 0 bridgehead atoms. The van der Waals surface area contributed by atoms with E-state index in [0.29, 0.717) is 0 Å². The number of nitro benzene ring substituents is 1. The van der Waals surface area contributed by atoms with Gasteiger partial charge in [-0.2, -0.15) is 0 Å². The van der Waals surface area contributed by atoms with Gasteiger partial charge in [-0.1, -0.05) is 12.1 Å². The number of benzene rings is 1. The van der Waals surface area contributed by atoms with Gasteiger partial charge < -0.3 is 4.74 Å². The molecule has 0 fully saturated rings. The number of hydrogen-bond acceptors (Lipinski definition) is 4. The second kappa shape index (κ2) is 4.42. The Hall–Kier alpha value is -1.62. The van der Waals surface area contributed by atoms with Gasteiger partial charge in [0.05, 0.1) is 4.92 Å². The quantitative estimate of drug-likeness (QED) is 0.431. The van der Waals surface area contributed by atoms with Gasteiger partial charge in [-0.3, -0.25) is 15.4 Å². The fraction of sp³-hybridized carbons (Fsp3) is 0.250. The van der Waals surface area contributed by atoms with E-state index in [2.05, 4.69) is 5.32 Å². The first-order valence-corrected chi connectivity index (χ1v) is 3.76. The lowest BCUT2D eigenvalue weighted by atomic mass is 10.3. The van der Waals surface area contributed by atoms with Crippen LogP contribution in [0.1, 0.15) is 0 Å². The van der Waals surface area contributed by atoms with E-state index >= 15 is 0 Å². The Balaban J connectivity index is 2.84. The minimum atomic E-state index is -0.467. The number of nitrogens with one attached hydrogen (secondary N) is 1. The Morgan fingerprint density at radius 3 is 2.85 bits per heavy atom. The second-order valence-electron chi connectivity index (χ2n) is 2.37. The summed E-state index contributed by atoms with van der Waals surface area (Å²) in [5.74, 6) is 0.279. The number of nitro groups is 1. The minimum Gasteiger partial charge on any atom is -0.471 e. The van der Waals surface area contributed by atoms with Gasteiger partial charge in [0.25, 0.3) is 0 Å². The third-order valence-corrected chi connectivity index (χ3v) is 1.43. The van der Waals surface area contributed by atoms with Crippen LogP contribution < -0.4 is 10.1 Å². The van der Waals surface area contributed by atoms with Crippen molar-refractivity contribution in [1.29, 1.82) is 0 Å². The molecule has 1 rings (SSSR count). The van der Waals surface area contributed by atoms with E-state index in [1.807, 2.05) is 0 Å². The monoisotopic (exact) mass is 182 g/mol. The molecule has 0 aromatic heterocycles. The molecule has 0 saturated heterocycles. The molecule has 0 radical (unpaired) electrons. The molecule has 0 aliphatic rings. The van der Waals surface area contributed by atoms with Crippen LogP contribution >= 0.6 is 0 Å². The molecule has 0 spiro atoms. The number of para-hydroxylation sites is 2. The van der Waals surface area contributed by atoms with Crippen molar-refractivity contribution in [3.05, 3.63) is 34.4 Å². The predicted octanol–water partition coefficient (Wildman–Crippen LogP) is 1.15. The van der Waals surface area contributed by atoms with Crippen molar-refractivity contribution < 1.29 is 9.66 Å². The van der Waals surface area contributed by atoms with Crippen LogP contribution in [-0.2, 0) is 0 Å². The number of ether oxygens (including phenoxy) is 1. The molecule has 13 heavy (non-hydrogen) atoms. The van der Waals surface area contributed by atoms with E-state index in [1.165, 1.54) is 6.07 Å².